The Kier molecular flexibility index (Phi) is 4.18. The fraction of sp³-hybridized carbons (Fsp3) is 0.0400. The van der Waals surface area contributed by atoms with E-state index < -0.39 is 0 Å². The zero-order chi connectivity index (χ0) is 17.1. The molecule has 0 saturated heterocycles. The quantitative estimate of drug-likeness (QED) is 0.390. The van der Waals surface area contributed by atoms with Crippen molar-refractivity contribution in [2.24, 2.45) is 0 Å². The first kappa shape index (κ1) is 15.4. The van der Waals surface area contributed by atoms with E-state index in [2.05, 4.69) is 104 Å². The van der Waals surface area contributed by atoms with E-state index in [9.17, 15) is 0 Å². The maximum atomic E-state index is 3.37. The second-order valence-electron chi connectivity index (χ2n) is 6.20. The van der Waals surface area contributed by atoms with Crippen LogP contribution in [-0.4, -0.2) is 0 Å². The van der Waals surface area contributed by atoms with Crippen LogP contribution in [0.5, 0.6) is 0 Å². The van der Waals surface area contributed by atoms with Gasteiger partial charge in [0.1, 0.15) is 0 Å². The lowest BCUT2D eigenvalue weighted by molar-refractivity contribution is 1.44. The lowest BCUT2D eigenvalue weighted by atomic mass is 9.89. The molecule has 0 aromatic heterocycles. The number of hydrogen-bond acceptors (Lipinski definition) is 0. The zero-order valence-corrected chi connectivity index (χ0v) is 14.2. The van der Waals surface area contributed by atoms with Crippen LogP contribution in [0, 0.1) is 13.0 Å². The Balaban J connectivity index is 1.89. The van der Waals surface area contributed by atoms with Gasteiger partial charge in [-0.25, -0.2) is 0 Å². The highest BCUT2D eigenvalue weighted by Gasteiger charge is 2.11. The average Bonchev–Trinajstić information content (AvgIpc) is 2.69. The number of rotatable bonds is 3. The molecule has 0 aliphatic rings. The molecule has 0 fully saturated rings. The van der Waals surface area contributed by atoms with Crippen molar-refractivity contribution >= 4 is 0 Å². The van der Waals surface area contributed by atoms with E-state index in [1.54, 1.807) is 0 Å². The summed E-state index contributed by atoms with van der Waals surface area (Å²) < 4.78 is 0. The molecule has 4 aromatic carbocycles. The van der Waals surface area contributed by atoms with Crippen molar-refractivity contribution in [3.63, 3.8) is 0 Å². The van der Waals surface area contributed by atoms with Gasteiger partial charge in [0.25, 0.3) is 0 Å². The number of hydrogen-bond donors (Lipinski definition) is 0. The Bertz CT molecular complexity index is 983. The van der Waals surface area contributed by atoms with Crippen LogP contribution in [0.3, 0.4) is 0 Å². The highest BCUT2D eigenvalue weighted by atomic mass is 14.1. The van der Waals surface area contributed by atoms with E-state index in [0.717, 1.165) is 0 Å². The lowest BCUT2D eigenvalue weighted by Crippen LogP contribution is -1.90. The van der Waals surface area contributed by atoms with Gasteiger partial charge in [0.2, 0.25) is 0 Å². The monoisotopic (exact) mass is 319 g/mol. The van der Waals surface area contributed by atoms with Crippen molar-refractivity contribution < 1.29 is 0 Å². The number of aryl methyl sites for hydroxylation is 1. The summed E-state index contributed by atoms with van der Waals surface area (Å²) in [6, 6.07) is 37.4. The van der Waals surface area contributed by atoms with Gasteiger partial charge in [-0.2, -0.15) is 0 Å². The predicted molar refractivity (Wildman–Crippen MR) is 106 cm³/mol. The molecule has 4 aromatic rings. The van der Waals surface area contributed by atoms with Gasteiger partial charge >= 0.3 is 0 Å². The summed E-state index contributed by atoms with van der Waals surface area (Å²) in [7, 11) is 0. The SMILES string of the molecule is Cc1[c]ccc(-c2ccccc2)c1-c1cccc(-c2ccccc2)c1. The fourth-order valence-corrected chi connectivity index (χ4v) is 3.32. The normalized spacial score (nSPS) is 10.6. The van der Waals surface area contributed by atoms with Crippen LogP contribution >= 0.6 is 0 Å². The maximum Gasteiger partial charge on any atom is -0.00697 e. The summed E-state index contributed by atoms with van der Waals surface area (Å²) >= 11 is 0. The summed E-state index contributed by atoms with van der Waals surface area (Å²) in [5, 5.41) is 0. The molecule has 0 spiro atoms. The van der Waals surface area contributed by atoms with Crippen LogP contribution in [0.25, 0.3) is 33.4 Å². The molecule has 0 bridgehead atoms. The van der Waals surface area contributed by atoms with Crippen LogP contribution < -0.4 is 0 Å². The Morgan fingerprint density at radius 2 is 1.16 bits per heavy atom. The second kappa shape index (κ2) is 6.78. The summed E-state index contributed by atoms with van der Waals surface area (Å²) in [4.78, 5) is 0. The van der Waals surface area contributed by atoms with E-state index in [1.165, 1.54) is 38.9 Å². The first-order valence-corrected chi connectivity index (χ1v) is 8.55. The van der Waals surface area contributed by atoms with Crippen LogP contribution in [0.15, 0.2) is 97.1 Å². The molecule has 0 amide bonds. The van der Waals surface area contributed by atoms with E-state index in [-0.39, 0.29) is 0 Å². The van der Waals surface area contributed by atoms with Crippen molar-refractivity contribution in [1.29, 1.82) is 0 Å². The molecular formula is C25H19. The van der Waals surface area contributed by atoms with Gasteiger partial charge in [0, 0.05) is 0 Å². The van der Waals surface area contributed by atoms with Crippen molar-refractivity contribution in [2.75, 3.05) is 0 Å². The fourth-order valence-electron chi connectivity index (χ4n) is 3.32. The zero-order valence-electron chi connectivity index (χ0n) is 14.2. The smallest absolute Gasteiger partial charge is 0.00697 e. The summed E-state index contributed by atoms with van der Waals surface area (Å²) in [6.07, 6.45) is 0. The van der Waals surface area contributed by atoms with Gasteiger partial charge in [0.05, 0.1) is 0 Å². The summed E-state index contributed by atoms with van der Waals surface area (Å²) in [5.74, 6) is 0. The Hall–Kier alpha value is -3.12. The molecule has 119 valence electrons. The third-order valence-electron chi connectivity index (χ3n) is 4.54. The molecule has 0 unspecified atom stereocenters. The van der Waals surface area contributed by atoms with Crippen molar-refractivity contribution in [3.8, 4) is 33.4 Å². The largest absolute Gasteiger partial charge is 0.0622 e. The van der Waals surface area contributed by atoms with E-state index >= 15 is 0 Å². The molecule has 4 rings (SSSR count). The molecule has 0 aliphatic heterocycles. The number of benzene rings is 4. The van der Waals surface area contributed by atoms with E-state index in [1.807, 2.05) is 6.07 Å². The first-order chi connectivity index (χ1) is 12.3. The first-order valence-electron chi connectivity index (χ1n) is 8.55. The average molecular weight is 319 g/mol. The van der Waals surface area contributed by atoms with Crippen molar-refractivity contribution in [2.45, 2.75) is 6.92 Å². The summed E-state index contributed by atoms with van der Waals surface area (Å²) in [5.41, 5.74) is 8.62. The van der Waals surface area contributed by atoms with E-state index in [4.69, 9.17) is 0 Å². The molecule has 0 heteroatoms. The van der Waals surface area contributed by atoms with Gasteiger partial charge in [0.15, 0.2) is 0 Å². The van der Waals surface area contributed by atoms with E-state index in [0.29, 0.717) is 0 Å². The maximum absolute atomic E-state index is 3.37. The standard InChI is InChI=1S/C25H19/c1-19-10-8-17-24(21-13-6-3-7-14-21)25(19)23-16-9-15-22(18-23)20-11-4-2-5-12-20/h2-9,11-18H,1H3. The molecule has 0 aliphatic carbocycles. The van der Waals surface area contributed by atoms with Crippen LogP contribution in [-0.2, 0) is 0 Å². The Morgan fingerprint density at radius 3 is 1.88 bits per heavy atom. The van der Waals surface area contributed by atoms with Crippen molar-refractivity contribution in [3.05, 3.63) is 109 Å². The molecule has 25 heavy (non-hydrogen) atoms. The van der Waals surface area contributed by atoms with Crippen LogP contribution in [0.4, 0.5) is 0 Å². The Morgan fingerprint density at radius 1 is 0.560 bits per heavy atom. The Labute approximate surface area is 149 Å². The molecule has 0 atom stereocenters. The molecule has 0 nitrogen and oxygen atoms in total. The highest BCUT2D eigenvalue weighted by Crippen LogP contribution is 2.36. The van der Waals surface area contributed by atoms with Gasteiger partial charge < -0.3 is 0 Å². The third-order valence-corrected chi connectivity index (χ3v) is 4.54. The topological polar surface area (TPSA) is 0 Å². The van der Waals surface area contributed by atoms with Gasteiger partial charge in [-0.05, 0) is 58.0 Å². The molecule has 0 saturated carbocycles. The van der Waals surface area contributed by atoms with Crippen LogP contribution in [0.2, 0.25) is 0 Å². The van der Waals surface area contributed by atoms with Gasteiger partial charge in [-0.1, -0.05) is 91.0 Å². The van der Waals surface area contributed by atoms with Gasteiger partial charge in [-0.3, -0.25) is 0 Å². The molecule has 1 radical (unpaired) electrons. The molecular weight excluding hydrogens is 300 g/mol. The summed E-state index contributed by atoms with van der Waals surface area (Å²) in [6.45, 7) is 2.14. The minimum atomic E-state index is 1.17. The highest BCUT2D eigenvalue weighted by molar-refractivity contribution is 5.87. The predicted octanol–water partition coefficient (Wildman–Crippen LogP) is 6.80. The second-order valence-corrected chi connectivity index (χ2v) is 6.20. The third kappa shape index (κ3) is 3.12. The lowest BCUT2D eigenvalue weighted by Gasteiger charge is -2.14. The minimum absolute atomic E-state index is 1.17. The molecule has 0 N–H and O–H groups in total. The minimum Gasteiger partial charge on any atom is -0.0622 e. The van der Waals surface area contributed by atoms with Crippen LogP contribution in [0.1, 0.15) is 5.56 Å². The van der Waals surface area contributed by atoms with Crippen molar-refractivity contribution in [1.82, 2.24) is 0 Å². The molecule has 0 heterocycles. The van der Waals surface area contributed by atoms with Gasteiger partial charge in [-0.15, -0.1) is 0 Å².